The molecular formula is C36H27IrN3O2-2. The Labute approximate surface area is 257 Å². The molecule has 1 N–H and O–H groups in total. The third-order valence-electron chi connectivity index (χ3n) is 7.48. The van der Waals surface area contributed by atoms with Crippen molar-refractivity contribution in [1.82, 2.24) is 4.40 Å². The Morgan fingerprint density at radius 3 is 2.10 bits per heavy atom. The number of carbonyl (C=O) groups excluding carboxylic acids is 1. The average molecular weight is 726 g/mol. The summed E-state index contributed by atoms with van der Waals surface area (Å²) in [4.78, 5) is 14.6. The van der Waals surface area contributed by atoms with Crippen LogP contribution in [0.4, 0.5) is 22.7 Å². The number of carbonyl (C=O) groups is 1. The standard InChI is InChI=1S/C31H19N3.C5H8O2.Ir/c1-2-10-21(11-3-1)32-20-33(27-17-7-6-16-26(27)32)28-18-9-19-29-30(28)24-14-8-13-23-22-12-4-5-15-25(22)34(29)31(23)24;1-4(6)3-5(2)7;/h1-17,19-20H;3,6H,1-2H3;/q-2;;/b;4-3-;. The van der Waals surface area contributed by atoms with Crippen molar-refractivity contribution in [3.05, 3.63) is 134 Å². The van der Waals surface area contributed by atoms with Gasteiger partial charge in [-0.15, -0.1) is 12.7 Å². The van der Waals surface area contributed by atoms with E-state index < -0.39 is 0 Å². The van der Waals surface area contributed by atoms with Crippen LogP contribution in [-0.4, -0.2) is 15.3 Å². The fraction of sp³-hybridized carbons (Fsp3) is 0.0556. The molecule has 0 saturated heterocycles. The fourth-order valence-electron chi connectivity index (χ4n) is 5.97. The van der Waals surface area contributed by atoms with Crippen LogP contribution < -0.4 is 9.80 Å². The van der Waals surface area contributed by atoms with E-state index in [2.05, 4.69) is 136 Å². The van der Waals surface area contributed by atoms with Gasteiger partial charge in [0.2, 0.25) is 0 Å². The molecule has 2 aromatic heterocycles. The zero-order valence-electron chi connectivity index (χ0n) is 23.1. The number of aromatic nitrogens is 1. The van der Waals surface area contributed by atoms with Crippen LogP contribution in [0.15, 0.2) is 121 Å². The predicted octanol–water partition coefficient (Wildman–Crippen LogP) is 9.08. The molecule has 1 aliphatic rings. The van der Waals surface area contributed by atoms with Gasteiger partial charge >= 0.3 is 0 Å². The van der Waals surface area contributed by atoms with Gasteiger partial charge in [-0.3, -0.25) is 4.79 Å². The van der Waals surface area contributed by atoms with Gasteiger partial charge in [0.05, 0.1) is 11.3 Å². The Balaban J connectivity index is 0.000000356. The molecule has 5 nitrogen and oxygen atoms in total. The minimum Gasteiger partial charge on any atom is -0.512 e. The van der Waals surface area contributed by atoms with Gasteiger partial charge in [-0.25, -0.2) is 0 Å². The van der Waals surface area contributed by atoms with Crippen LogP contribution in [0.5, 0.6) is 0 Å². The summed E-state index contributed by atoms with van der Waals surface area (Å²) in [7, 11) is 0. The summed E-state index contributed by atoms with van der Waals surface area (Å²) in [6.45, 7) is 5.04. The van der Waals surface area contributed by atoms with E-state index in [9.17, 15) is 4.79 Å². The first-order valence-electron chi connectivity index (χ1n) is 13.6. The molecule has 1 aliphatic heterocycles. The summed E-state index contributed by atoms with van der Waals surface area (Å²) in [5, 5.41) is 13.5. The van der Waals surface area contributed by atoms with E-state index in [1.165, 1.54) is 63.7 Å². The third-order valence-corrected chi connectivity index (χ3v) is 7.48. The number of ketones is 1. The molecule has 42 heavy (non-hydrogen) atoms. The molecule has 0 fully saturated rings. The number of para-hydroxylation sites is 5. The molecule has 6 heteroatoms. The Bertz CT molecular complexity index is 2090. The first-order chi connectivity index (χ1) is 20.0. The number of nitrogens with zero attached hydrogens (tertiary/aromatic N) is 3. The molecule has 0 atom stereocenters. The third kappa shape index (κ3) is 4.40. The van der Waals surface area contributed by atoms with Crippen LogP contribution in [0, 0.1) is 12.7 Å². The summed E-state index contributed by atoms with van der Waals surface area (Å²) in [6, 6.07) is 42.3. The van der Waals surface area contributed by atoms with Crippen LogP contribution in [0.3, 0.4) is 0 Å². The van der Waals surface area contributed by atoms with E-state index in [-0.39, 0.29) is 31.6 Å². The first-order valence-corrected chi connectivity index (χ1v) is 13.6. The molecule has 8 rings (SSSR count). The normalized spacial score (nSPS) is 13.0. The maximum Gasteiger partial charge on any atom is 0.155 e. The summed E-state index contributed by atoms with van der Waals surface area (Å²) >= 11 is 0. The molecule has 5 aromatic carbocycles. The topological polar surface area (TPSA) is 48.2 Å². The Kier molecular flexibility index (Phi) is 7.19. The van der Waals surface area contributed by atoms with Gasteiger partial charge in [-0.2, -0.15) is 12.1 Å². The molecule has 0 unspecified atom stereocenters. The Morgan fingerprint density at radius 2 is 1.38 bits per heavy atom. The van der Waals surface area contributed by atoms with Crippen LogP contribution in [0.25, 0.3) is 38.1 Å². The van der Waals surface area contributed by atoms with Crippen LogP contribution in [0.2, 0.25) is 0 Å². The van der Waals surface area contributed by atoms with Crippen LogP contribution in [0.1, 0.15) is 13.8 Å². The first kappa shape index (κ1) is 27.5. The molecule has 0 bridgehead atoms. The smallest absolute Gasteiger partial charge is 0.155 e. The quantitative estimate of drug-likeness (QED) is 0.112. The predicted molar refractivity (Wildman–Crippen MR) is 168 cm³/mol. The number of hydrogen-bond donors (Lipinski definition) is 1. The Hall–Kier alpha value is -4.64. The van der Waals surface area contributed by atoms with Gasteiger partial charge in [-0.1, -0.05) is 83.3 Å². The number of fused-ring (bicyclic) bond motifs is 7. The zero-order chi connectivity index (χ0) is 28.1. The van der Waals surface area contributed by atoms with Crippen molar-refractivity contribution >= 4 is 66.6 Å². The molecule has 209 valence electrons. The summed E-state index contributed by atoms with van der Waals surface area (Å²) < 4.78 is 2.42. The van der Waals surface area contributed by atoms with E-state index in [1.807, 2.05) is 0 Å². The molecule has 0 spiro atoms. The summed E-state index contributed by atoms with van der Waals surface area (Å²) in [6.07, 6.45) is 1.17. The minimum absolute atomic E-state index is 0. The van der Waals surface area contributed by atoms with Crippen LogP contribution in [-0.2, 0) is 24.9 Å². The van der Waals surface area contributed by atoms with Gasteiger partial charge in [0.15, 0.2) is 5.78 Å². The van der Waals surface area contributed by atoms with Gasteiger partial charge in [0, 0.05) is 59.5 Å². The number of anilines is 4. The van der Waals surface area contributed by atoms with Gasteiger partial charge in [-0.05, 0) is 49.6 Å². The zero-order valence-corrected chi connectivity index (χ0v) is 25.5. The largest absolute Gasteiger partial charge is 0.512 e. The second-order valence-corrected chi connectivity index (χ2v) is 10.2. The van der Waals surface area contributed by atoms with E-state index in [0.717, 1.165) is 17.1 Å². The van der Waals surface area contributed by atoms with Crippen molar-refractivity contribution < 1.29 is 30.0 Å². The van der Waals surface area contributed by atoms with Gasteiger partial charge < -0.3 is 19.3 Å². The van der Waals surface area contributed by atoms with Crippen molar-refractivity contribution in [3.63, 3.8) is 0 Å². The number of aliphatic hydroxyl groups excluding tert-OH is 1. The van der Waals surface area contributed by atoms with Crippen molar-refractivity contribution in [2.45, 2.75) is 13.8 Å². The molecule has 0 aliphatic carbocycles. The maximum absolute atomic E-state index is 10.0. The maximum atomic E-state index is 10.0. The molecule has 0 saturated carbocycles. The molecule has 3 heterocycles. The van der Waals surface area contributed by atoms with Crippen molar-refractivity contribution in [1.29, 1.82) is 0 Å². The number of allylic oxidation sites excluding steroid dienone is 2. The van der Waals surface area contributed by atoms with Crippen molar-refractivity contribution in [3.8, 4) is 0 Å². The fourth-order valence-corrected chi connectivity index (χ4v) is 5.97. The average Bonchev–Trinajstić information content (AvgIpc) is 3.65. The Morgan fingerprint density at radius 1 is 0.738 bits per heavy atom. The molecule has 7 aromatic rings. The van der Waals surface area contributed by atoms with E-state index in [1.54, 1.807) is 0 Å². The summed E-state index contributed by atoms with van der Waals surface area (Å²) in [5.41, 5.74) is 8.29. The number of benzene rings is 5. The monoisotopic (exact) mass is 726 g/mol. The van der Waals surface area contributed by atoms with Crippen LogP contribution >= 0.6 is 0 Å². The van der Waals surface area contributed by atoms with Crippen molar-refractivity contribution in [2.24, 2.45) is 0 Å². The van der Waals surface area contributed by atoms with Crippen molar-refractivity contribution in [2.75, 3.05) is 9.80 Å². The van der Waals surface area contributed by atoms with E-state index >= 15 is 0 Å². The van der Waals surface area contributed by atoms with Gasteiger partial charge in [0.1, 0.15) is 0 Å². The number of aliphatic hydroxyl groups is 1. The molecule has 1 radical (unpaired) electrons. The molecular weight excluding hydrogens is 699 g/mol. The van der Waals surface area contributed by atoms with E-state index in [0.29, 0.717) is 0 Å². The SMILES string of the molecule is CC(=O)/C=C(/C)O.[Ir].[c-]1ccc2c(c1N1[CH-]N(c3ccccc3)c3ccccc31)c1cccc3c4ccccc4n2c31. The van der Waals surface area contributed by atoms with E-state index in [4.69, 9.17) is 5.11 Å². The second-order valence-electron chi connectivity index (χ2n) is 10.2. The minimum atomic E-state index is -0.125. The molecule has 0 amide bonds. The number of rotatable bonds is 3. The second kappa shape index (κ2) is 11.0. The summed E-state index contributed by atoms with van der Waals surface area (Å²) in [5.74, 6) is -0.0625. The number of hydrogen-bond acceptors (Lipinski definition) is 4. The van der Waals surface area contributed by atoms with Gasteiger partial charge in [0.25, 0.3) is 0 Å².